The highest BCUT2D eigenvalue weighted by atomic mass is 35.5. The topological polar surface area (TPSA) is 73.6 Å². The standard InChI is InChI=1S/C17H26N2O3.ClH/c1-3-21-14-7-6-13(12-15(14)22-4-2)8-11-19-16(20)17(18)9-5-10-17;/h6-7,12H,3-5,8-11,18H2,1-2H3,(H,19,20);1H. The lowest BCUT2D eigenvalue weighted by molar-refractivity contribution is -0.129. The first kappa shape index (κ1) is 19.6. The molecule has 1 saturated carbocycles. The zero-order valence-corrected chi connectivity index (χ0v) is 14.7. The number of hydrogen-bond acceptors (Lipinski definition) is 4. The van der Waals surface area contributed by atoms with Gasteiger partial charge in [-0.15, -0.1) is 12.4 Å². The average Bonchev–Trinajstić information content (AvgIpc) is 2.47. The molecule has 3 N–H and O–H groups in total. The van der Waals surface area contributed by atoms with E-state index in [1.807, 2.05) is 32.0 Å². The number of carbonyl (C=O) groups is 1. The minimum absolute atomic E-state index is 0. The van der Waals surface area contributed by atoms with E-state index in [-0.39, 0.29) is 18.3 Å². The van der Waals surface area contributed by atoms with Gasteiger partial charge < -0.3 is 20.5 Å². The van der Waals surface area contributed by atoms with Crippen LogP contribution >= 0.6 is 12.4 Å². The molecule has 1 aliphatic rings. The summed E-state index contributed by atoms with van der Waals surface area (Å²) in [4.78, 5) is 12.0. The minimum Gasteiger partial charge on any atom is -0.490 e. The van der Waals surface area contributed by atoms with Gasteiger partial charge in [-0.1, -0.05) is 6.07 Å². The van der Waals surface area contributed by atoms with Crippen molar-refractivity contribution in [3.63, 3.8) is 0 Å². The maximum absolute atomic E-state index is 12.0. The van der Waals surface area contributed by atoms with Gasteiger partial charge >= 0.3 is 0 Å². The molecule has 1 aliphatic carbocycles. The Bertz CT molecular complexity index is 519. The van der Waals surface area contributed by atoms with E-state index >= 15 is 0 Å². The highest BCUT2D eigenvalue weighted by molar-refractivity contribution is 5.87. The Hall–Kier alpha value is -1.46. The van der Waals surface area contributed by atoms with Crippen LogP contribution < -0.4 is 20.5 Å². The van der Waals surface area contributed by atoms with Crippen LogP contribution in [0.3, 0.4) is 0 Å². The van der Waals surface area contributed by atoms with Gasteiger partial charge in [0.25, 0.3) is 0 Å². The summed E-state index contributed by atoms with van der Waals surface area (Å²) in [5, 5.41) is 2.93. The molecule has 0 spiro atoms. The number of ether oxygens (including phenoxy) is 2. The van der Waals surface area contributed by atoms with E-state index in [4.69, 9.17) is 15.2 Å². The molecule has 23 heavy (non-hydrogen) atoms. The molecule has 6 heteroatoms. The van der Waals surface area contributed by atoms with E-state index < -0.39 is 5.54 Å². The number of rotatable bonds is 8. The van der Waals surface area contributed by atoms with E-state index in [2.05, 4.69) is 5.32 Å². The maximum Gasteiger partial charge on any atom is 0.240 e. The summed E-state index contributed by atoms with van der Waals surface area (Å²) in [6, 6.07) is 5.89. The van der Waals surface area contributed by atoms with Crippen molar-refractivity contribution in [3.8, 4) is 11.5 Å². The number of halogens is 1. The van der Waals surface area contributed by atoms with Crippen LogP contribution in [-0.2, 0) is 11.2 Å². The molecular weight excluding hydrogens is 316 g/mol. The molecule has 5 nitrogen and oxygen atoms in total. The van der Waals surface area contributed by atoms with Crippen LogP contribution in [0.1, 0.15) is 38.7 Å². The number of nitrogens with one attached hydrogen (secondary N) is 1. The van der Waals surface area contributed by atoms with Crippen molar-refractivity contribution >= 4 is 18.3 Å². The van der Waals surface area contributed by atoms with Crippen LogP contribution in [0.2, 0.25) is 0 Å². The first-order chi connectivity index (χ1) is 10.6. The zero-order valence-electron chi connectivity index (χ0n) is 13.9. The second kappa shape index (κ2) is 8.99. The van der Waals surface area contributed by atoms with Crippen molar-refractivity contribution in [2.45, 2.75) is 45.1 Å². The second-order valence-electron chi connectivity index (χ2n) is 5.66. The number of benzene rings is 1. The van der Waals surface area contributed by atoms with Crippen LogP contribution in [0.25, 0.3) is 0 Å². The Labute approximate surface area is 144 Å². The van der Waals surface area contributed by atoms with Gasteiger partial charge in [0.1, 0.15) is 0 Å². The fourth-order valence-corrected chi connectivity index (χ4v) is 2.53. The number of carbonyl (C=O) groups excluding carboxylic acids is 1. The Balaban J connectivity index is 0.00000264. The lowest BCUT2D eigenvalue weighted by Crippen LogP contribution is -2.58. The summed E-state index contributed by atoms with van der Waals surface area (Å²) in [6.07, 6.45) is 3.36. The SMILES string of the molecule is CCOc1ccc(CCNC(=O)C2(N)CCC2)cc1OCC.Cl. The minimum atomic E-state index is -0.630. The van der Waals surface area contributed by atoms with Crippen LogP contribution in [0.4, 0.5) is 0 Å². The smallest absolute Gasteiger partial charge is 0.240 e. The van der Waals surface area contributed by atoms with Crippen molar-refractivity contribution in [1.82, 2.24) is 5.32 Å². The highest BCUT2D eigenvalue weighted by Crippen LogP contribution is 2.30. The third-order valence-electron chi connectivity index (χ3n) is 4.01. The fraction of sp³-hybridized carbons (Fsp3) is 0.588. The van der Waals surface area contributed by atoms with Gasteiger partial charge in [0.05, 0.1) is 18.8 Å². The summed E-state index contributed by atoms with van der Waals surface area (Å²) in [6.45, 7) is 5.67. The van der Waals surface area contributed by atoms with E-state index in [1.165, 1.54) is 0 Å². The molecule has 1 amide bonds. The van der Waals surface area contributed by atoms with Crippen LogP contribution in [0, 0.1) is 0 Å². The average molecular weight is 343 g/mol. The van der Waals surface area contributed by atoms with Crippen molar-refractivity contribution in [2.75, 3.05) is 19.8 Å². The van der Waals surface area contributed by atoms with Crippen molar-refractivity contribution in [3.05, 3.63) is 23.8 Å². The van der Waals surface area contributed by atoms with E-state index in [1.54, 1.807) is 0 Å². The predicted octanol–water partition coefficient (Wildman–Crippen LogP) is 2.45. The maximum atomic E-state index is 12.0. The summed E-state index contributed by atoms with van der Waals surface area (Å²) >= 11 is 0. The molecule has 0 radical (unpaired) electrons. The quantitative estimate of drug-likeness (QED) is 0.761. The molecule has 0 heterocycles. The van der Waals surface area contributed by atoms with Crippen LogP contribution in [0.5, 0.6) is 11.5 Å². The zero-order chi connectivity index (χ0) is 16.0. The predicted molar refractivity (Wildman–Crippen MR) is 93.5 cm³/mol. The van der Waals surface area contributed by atoms with Gasteiger partial charge in [-0.05, 0) is 57.2 Å². The molecule has 0 aliphatic heterocycles. The first-order valence-electron chi connectivity index (χ1n) is 8.04. The Morgan fingerprint density at radius 1 is 1.22 bits per heavy atom. The van der Waals surface area contributed by atoms with Crippen molar-refractivity contribution < 1.29 is 14.3 Å². The van der Waals surface area contributed by atoms with Gasteiger partial charge in [-0.2, -0.15) is 0 Å². The van der Waals surface area contributed by atoms with Crippen LogP contribution in [-0.4, -0.2) is 31.2 Å². The monoisotopic (exact) mass is 342 g/mol. The van der Waals surface area contributed by atoms with Crippen molar-refractivity contribution in [2.24, 2.45) is 5.73 Å². The highest BCUT2D eigenvalue weighted by Gasteiger charge is 2.39. The fourth-order valence-electron chi connectivity index (χ4n) is 2.53. The normalized spacial score (nSPS) is 15.1. The molecule has 0 atom stereocenters. The van der Waals surface area contributed by atoms with Gasteiger partial charge in [0, 0.05) is 6.54 Å². The molecule has 1 fully saturated rings. The number of hydrogen-bond donors (Lipinski definition) is 2. The van der Waals surface area contributed by atoms with E-state index in [0.29, 0.717) is 19.8 Å². The number of nitrogens with two attached hydrogens (primary N) is 1. The van der Waals surface area contributed by atoms with Gasteiger partial charge in [-0.25, -0.2) is 0 Å². The number of amides is 1. The van der Waals surface area contributed by atoms with Gasteiger partial charge in [0.15, 0.2) is 11.5 Å². The van der Waals surface area contributed by atoms with Crippen LogP contribution in [0.15, 0.2) is 18.2 Å². The third kappa shape index (κ3) is 5.01. The summed E-state index contributed by atoms with van der Waals surface area (Å²) in [5.41, 5.74) is 6.47. The molecule has 0 aromatic heterocycles. The largest absolute Gasteiger partial charge is 0.490 e. The van der Waals surface area contributed by atoms with Gasteiger partial charge in [0.2, 0.25) is 5.91 Å². The molecule has 0 unspecified atom stereocenters. The van der Waals surface area contributed by atoms with E-state index in [9.17, 15) is 4.79 Å². The first-order valence-corrected chi connectivity index (χ1v) is 8.04. The lowest BCUT2D eigenvalue weighted by Gasteiger charge is -2.36. The molecule has 130 valence electrons. The molecule has 0 bridgehead atoms. The Kier molecular flexibility index (Phi) is 7.65. The molecule has 2 rings (SSSR count). The summed E-state index contributed by atoms with van der Waals surface area (Å²) in [5.74, 6) is 1.48. The molecule has 0 saturated heterocycles. The Morgan fingerprint density at radius 2 is 1.87 bits per heavy atom. The van der Waals surface area contributed by atoms with Gasteiger partial charge in [-0.3, -0.25) is 4.79 Å². The lowest BCUT2D eigenvalue weighted by atomic mass is 9.77. The molecule has 1 aromatic rings. The Morgan fingerprint density at radius 3 is 2.43 bits per heavy atom. The van der Waals surface area contributed by atoms with E-state index in [0.717, 1.165) is 42.7 Å². The van der Waals surface area contributed by atoms with Crippen molar-refractivity contribution in [1.29, 1.82) is 0 Å². The summed E-state index contributed by atoms with van der Waals surface area (Å²) < 4.78 is 11.1. The second-order valence-corrected chi connectivity index (χ2v) is 5.66. The summed E-state index contributed by atoms with van der Waals surface area (Å²) in [7, 11) is 0. The third-order valence-corrected chi connectivity index (χ3v) is 4.01. The molecular formula is C17H27ClN2O3. The molecule has 1 aromatic carbocycles.